The molecule has 0 spiro atoms. The van der Waals surface area contributed by atoms with Crippen molar-refractivity contribution in [3.8, 4) is 0 Å². The summed E-state index contributed by atoms with van der Waals surface area (Å²) in [6, 6.07) is 9.23. The van der Waals surface area contributed by atoms with E-state index in [1.165, 1.54) is 30.5 Å². The van der Waals surface area contributed by atoms with Crippen LogP contribution in [-0.2, 0) is 9.59 Å². The van der Waals surface area contributed by atoms with Crippen LogP contribution in [0.15, 0.2) is 57.3 Å². The molecule has 1 fully saturated rings. The molecular formula is C18H16N4O5S. The summed E-state index contributed by atoms with van der Waals surface area (Å²) in [7, 11) is 0. The molecule has 0 unspecified atom stereocenters. The van der Waals surface area contributed by atoms with Crippen molar-refractivity contribution in [3.05, 3.63) is 54.0 Å². The average molecular weight is 400 g/mol. The number of amides is 2. The molecule has 1 aromatic carbocycles. The van der Waals surface area contributed by atoms with Gasteiger partial charge in [-0.25, -0.2) is 4.79 Å². The second kappa shape index (κ2) is 8.53. The van der Waals surface area contributed by atoms with Crippen LogP contribution in [0.5, 0.6) is 0 Å². The number of anilines is 1. The highest BCUT2D eigenvalue weighted by Crippen LogP contribution is 2.23. The van der Waals surface area contributed by atoms with Gasteiger partial charge in [-0.05, 0) is 43.3 Å². The van der Waals surface area contributed by atoms with Crippen molar-refractivity contribution in [3.63, 3.8) is 0 Å². The van der Waals surface area contributed by atoms with E-state index in [-0.39, 0.29) is 23.8 Å². The number of carboxylic acid groups (broad SMARTS) is 1. The molecule has 0 aliphatic carbocycles. The average Bonchev–Trinajstić information content (AvgIpc) is 3.31. The lowest BCUT2D eigenvalue weighted by molar-refractivity contribution is -0.122. The Morgan fingerprint density at radius 2 is 2.04 bits per heavy atom. The summed E-state index contributed by atoms with van der Waals surface area (Å²) in [6.45, 7) is 1.73. The second-order valence-electron chi connectivity index (χ2n) is 5.80. The molecule has 0 saturated carbocycles. The van der Waals surface area contributed by atoms with Gasteiger partial charge >= 0.3 is 5.97 Å². The maximum atomic E-state index is 12.2. The van der Waals surface area contributed by atoms with Crippen molar-refractivity contribution in [2.45, 2.75) is 18.6 Å². The smallest absolute Gasteiger partial charge is 0.335 e. The molecular weight excluding hydrogens is 384 g/mol. The van der Waals surface area contributed by atoms with Gasteiger partial charge in [-0.1, -0.05) is 11.8 Å². The fourth-order valence-electron chi connectivity index (χ4n) is 2.32. The van der Waals surface area contributed by atoms with Gasteiger partial charge in [-0.3, -0.25) is 9.59 Å². The number of benzene rings is 1. The highest BCUT2D eigenvalue weighted by molar-refractivity contribution is 8.15. The lowest BCUT2D eigenvalue weighted by Gasteiger charge is -2.07. The van der Waals surface area contributed by atoms with Crippen LogP contribution in [0.1, 0.15) is 29.5 Å². The minimum Gasteiger partial charge on any atom is -0.478 e. The number of carbonyl (C=O) groups is 3. The Morgan fingerprint density at radius 3 is 2.68 bits per heavy atom. The minimum atomic E-state index is -1.05. The van der Waals surface area contributed by atoms with Crippen molar-refractivity contribution >= 4 is 46.1 Å². The number of carboxylic acids is 1. The molecule has 28 heavy (non-hydrogen) atoms. The molecule has 1 aromatic heterocycles. The molecule has 2 amide bonds. The third kappa shape index (κ3) is 4.86. The molecule has 9 nitrogen and oxygen atoms in total. The summed E-state index contributed by atoms with van der Waals surface area (Å²) in [5.74, 6) is -1.17. The largest absolute Gasteiger partial charge is 0.478 e. The van der Waals surface area contributed by atoms with E-state index < -0.39 is 11.2 Å². The number of hydrogen-bond acceptors (Lipinski definition) is 7. The molecule has 144 valence electrons. The molecule has 1 saturated heterocycles. The minimum absolute atomic E-state index is 0.0585. The number of furan rings is 1. The van der Waals surface area contributed by atoms with E-state index in [9.17, 15) is 14.4 Å². The molecule has 10 heteroatoms. The van der Waals surface area contributed by atoms with E-state index in [4.69, 9.17) is 9.52 Å². The molecule has 0 radical (unpaired) electrons. The predicted molar refractivity (Wildman–Crippen MR) is 105 cm³/mol. The van der Waals surface area contributed by atoms with Crippen LogP contribution >= 0.6 is 11.8 Å². The highest BCUT2D eigenvalue weighted by atomic mass is 32.2. The zero-order chi connectivity index (χ0) is 20.1. The first-order valence-corrected chi connectivity index (χ1v) is 9.07. The molecule has 3 N–H and O–H groups in total. The van der Waals surface area contributed by atoms with E-state index in [2.05, 4.69) is 20.8 Å². The van der Waals surface area contributed by atoms with Crippen molar-refractivity contribution in [1.29, 1.82) is 0 Å². The molecule has 2 aromatic rings. The quantitative estimate of drug-likeness (QED) is 0.503. The number of nitrogens with zero attached hydrogens (tertiary/aromatic N) is 2. The van der Waals surface area contributed by atoms with Gasteiger partial charge in [0, 0.05) is 12.1 Å². The Kier molecular flexibility index (Phi) is 5.90. The van der Waals surface area contributed by atoms with Gasteiger partial charge in [0.2, 0.25) is 11.8 Å². The topological polar surface area (TPSA) is 133 Å². The summed E-state index contributed by atoms with van der Waals surface area (Å²) >= 11 is 1.12. The third-order valence-electron chi connectivity index (χ3n) is 3.73. The van der Waals surface area contributed by atoms with Gasteiger partial charge in [0.05, 0.1) is 11.8 Å². The maximum absolute atomic E-state index is 12.2. The standard InChI is InChI=1S/C18H16N4O5S/c1-10(13-3-2-8-27-13)21-22-18-20-16(24)14(28-18)9-15(23)19-12-6-4-11(5-7-12)17(25)26/h2-8,14H,9H2,1H3,(H,19,23)(H,25,26)(H,20,22,24)/b21-10-/t14-/m0/s1. The molecule has 0 bridgehead atoms. The van der Waals surface area contributed by atoms with Gasteiger partial charge in [0.1, 0.15) is 16.7 Å². The number of nitrogens with one attached hydrogen (secondary N) is 2. The Hall–Kier alpha value is -3.40. The number of aromatic carboxylic acids is 1. The highest BCUT2D eigenvalue weighted by Gasteiger charge is 2.32. The first-order chi connectivity index (χ1) is 13.4. The molecule has 1 aliphatic heterocycles. The lowest BCUT2D eigenvalue weighted by Crippen LogP contribution is -2.28. The molecule has 1 atom stereocenters. The Morgan fingerprint density at radius 1 is 1.29 bits per heavy atom. The first kappa shape index (κ1) is 19.4. The maximum Gasteiger partial charge on any atom is 0.335 e. The second-order valence-corrected chi connectivity index (χ2v) is 6.99. The SMILES string of the molecule is C/C(=N/N=C1/NC(=O)[C@H](CC(=O)Nc2ccc(C(=O)O)cc2)S1)c1ccco1. The number of rotatable bonds is 6. The van der Waals surface area contributed by atoms with Crippen molar-refractivity contribution in [2.75, 3.05) is 5.32 Å². The molecule has 1 aliphatic rings. The molecule has 3 rings (SSSR count). The van der Waals surface area contributed by atoms with Crippen LogP contribution in [0.4, 0.5) is 5.69 Å². The fourth-order valence-corrected chi connectivity index (χ4v) is 3.23. The van der Waals surface area contributed by atoms with Gasteiger partial charge < -0.3 is 20.2 Å². The normalized spacial score (nSPS) is 18.2. The first-order valence-electron chi connectivity index (χ1n) is 8.19. The van der Waals surface area contributed by atoms with Crippen LogP contribution in [0.3, 0.4) is 0 Å². The van der Waals surface area contributed by atoms with Crippen LogP contribution < -0.4 is 10.6 Å². The summed E-state index contributed by atoms with van der Waals surface area (Å²) in [6.07, 6.45) is 1.47. The van der Waals surface area contributed by atoms with Crippen molar-refractivity contribution < 1.29 is 23.9 Å². The number of thioether (sulfide) groups is 1. The van der Waals surface area contributed by atoms with E-state index in [1.54, 1.807) is 19.1 Å². The van der Waals surface area contributed by atoms with Gasteiger partial charge in [0.25, 0.3) is 0 Å². The Bertz CT molecular complexity index is 951. The van der Waals surface area contributed by atoms with E-state index in [0.29, 0.717) is 22.3 Å². The van der Waals surface area contributed by atoms with Crippen LogP contribution in [0.25, 0.3) is 0 Å². The number of carbonyl (C=O) groups excluding carboxylic acids is 2. The van der Waals surface area contributed by atoms with Crippen LogP contribution in [0, 0.1) is 0 Å². The monoisotopic (exact) mass is 400 g/mol. The fraction of sp³-hybridized carbons (Fsp3) is 0.167. The van der Waals surface area contributed by atoms with Crippen LogP contribution in [0.2, 0.25) is 0 Å². The van der Waals surface area contributed by atoms with Crippen LogP contribution in [-0.4, -0.2) is 39.0 Å². The summed E-state index contributed by atoms with van der Waals surface area (Å²) in [5, 5.41) is 21.8. The van der Waals surface area contributed by atoms with E-state index >= 15 is 0 Å². The Balaban J connectivity index is 1.56. The number of hydrogen-bond donors (Lipinski definition) is 3. The van der Waals surface area contributed by atoms with Crippen molar-refractivity contribution in [1.82, 2.24) is 5.32 Å². The lowest BCUT2D eigenvalue weighted by atomic mass is 10.2. The summed E-state index contributed by atoms with van der Waals surface area (Å²) < 4.78 is 5.20. The third-order valence-corrected chi connectivity index (χ3v) is 4.80. The van der Waals surface area contributed by atoms with Gasteiger partial charge in [-0.15, -0.1) is 10.2 Å². The molecule has 2 heterocycles. The van der Waals surface area contributed by atoms with E-state index in [0.717, 1.165) is 11.8 Å². The number of amidine groups is 1. The summed E-state index contributed by atoms with van der Waals surface area (Å²) in [5.41, 5.74) is 1.12. The predicted octanol–water partition coefficient (Wildman–Crippen LogP) is 2.32. The van der Waals surface area contributed by atoms with Gasteiger partial charge in [-0.2, -0.15) is 0 Å². The van der Waals surface area contributed by atoms with E-state index in [1.807, 2.05) is 0 Å². The zero-order valence-corrected chi connectivity index (χ0v) is 15.5. The van der Waals surface area contributed by atoms with Crippen molar-refractivity contribution in [2.24, 2.45) is 10.2 Å². The Labute approximate surface area is 163 Å². The zero-order valence-electron chi connectivity index (χ0n) is 14.7. The van der Waals surface area contributed by atoms with Gasteiger partial charge in [0.15, 0.2) is 5.17 Å². The summed E-state index contributed by atoms with van der Waals surface area (Å²) in [4.78, 5) is 35.0.